The van der Waals surface area contributed by atoms with Crippen molar-refractivity contribution in [2.75, 3.05) is 5.73 Å². The van der Waals surface area contributed by atoms with Crippen LogP contribution in [0.5, 0.6) is 0 Å². The minimum atomic E-state index is -0.972. The average Bonchev–Trinajstić information content (AvgIpc) is 2.46. The molecule has 104 valence electrons. The van der Waals surface area contributed by atoms with Crippen molar-refractivity contribution in [1.82, 2.24) is 0 Å². The summed E-state index contributed by atoms with van der Waals surface area (Å²) < 4.78 is 0. The number of benzene rings is 2. The van der Waals surface area contributed by atoms with Crippen LogP contribution in [0.25, 0.3) is 11.1 Å². The van der Waals surface area contributed by atoms with Crippen molar-refractivity contribution >= 4 is 11.7 Å². The lowest BCUT2D eigenvalue weighted by Gasteiger charge is -2.14. The fourth-order valence-electron chi connectivity index (χ4n) is 2.36. The Morgan fingerprint density at radius 3 is 2.45 bits per heavy atom. The molecular weight excluding hydrogens is 250 g/mol. The van der Waals surface area contributed by atoms with Crippen LogP contribution in [0, 0.1) is 0 Å². The van der Waals surface area contributed by atoms with Crippen molar-refractivity contribution in [3.05, 3.63) is 53.6 Å². The Balaban J connectivity index is 2.56. The molecule has 0 radical (unpaired) electrons. The lowest BCUT2D eigenvalue weighted by Crippen LogP contribution is -2.07. The molecule has 2 aromatic carbocycles. The fraction of sp³-hybridized carbons (Fsp3) is 0.235. The number of hydrogen-bond acceptors (Lipinski definition) is 2. The van der Waals surface area contributed by atoms with Gasteiger partial charge in [-0.1, -0.05) is 49.7 Å². The minimum Gasteiger partial charge on any atom is -0.478 e. The Labute approximate surface area is 119 Å². The highest BCUT2D eigenvalue weighted by atomic mass is 16.4. The topological polar surface area (TPSA) is 63.3 Å². The van der Waals surface area contributed by atoms with E-state index in [-0.39, 0.29) is 5.56 Å². The van der Waals surface area contributed by atoms with Crippen molar-refractivity contribution in [1.29, 1.82) is 0 Å². The van der Waals surface area contributed by atoms with Crippen molar-refractivity contribution in [2.45, 2.75) is 26.2 Å². The summed E-state index contributed by atoms with van der Waals surface area (Å²) in [6, 6.07) is 13.4. The van der Waals surface area contributed by atoms with Crippen LogP contribution in [0.1, 0.15) is 35.7 Å². The second kappa shape index (κ2) is 6.24. The summed E-state index contributed by atoms with van der Waals surface area (Å²) in [5, 5.41) is 9.20. The van der Waals surface area contributed by atoms with E-state index in [0.717, 1.165) is 36.0 Å². The molecule has 3 N–H and O–H groups in total. The normalized spacial score (nSPS) is 10.4. The van der Waals surface area contributed by atoms with E-state index in [9.17, 15) is 9.90 Å². The van der Waals surface area contributed by atoms with Crippen LogP contribution in [-0.4, -0.2) is 11.1 Å². The first-order valence-corrected chi connectivity index (χ1v) is 6.85. The minimum absolute atomic E-state index is 0.191. The predicted molar refractivity (Wildman–Crippen MR) is 81.9 cm³/mol. The standard InChI is InChI=1S/C17H19NO2/c1-2-3-9-14-13(12-7-5-4-6-8-12)10-11-15(16(14)18)17(19)20/h4-8,10-11H,2-3,9,18H2,1H3,(H,19,20). The van der Waals surface area contributed by atoms with E-state index in [1.807, 2.05) is 36.4 Å². The summed E-state index contributed by atoms with van der Waals surface area (Å²) in [6.07, 6.45) is 2.84. The molecule has 2 aromatic rings. The van der Waals surface area contributed by atoms with Crippen LogP contribution < -0.4 is 5.73 Å². The molecular formula is C17H19NO2. The van der Waals surface area contributed by atoms with E-state index in [1.165, 1.54) is 0 Å². The molecule has 3 heteroatoms. The van der Waals surface area contributed by atoms with Gasteiger partial charge in [0.15, 0.2) is 0 Å². The van der Waals surface area contributed by atoms with Crippen LogP contribution in [0.3, 0.4) is 0 Å². The van der Waals surface area contributed by atoms with Crippen LogP contribution in [0.4, 0.5) is 5.69 Å². The second-order valence-electron chi connectivity index (χ2n) is 4.83. The van der Waals surface area contributed by atoms with E-state index in [1.54, 1.807) is 6.07 Å². The van der Waals surface area contributed by atoms with Gasteiger partial charge in [0.1, 0.15) is 0 Å². The van der Waals surface area contributed by atoms with E-state index in [2.05, 4.69) is 6.92 Å². The van der Waals surface area contributed by atoms with Crippen molar-refractivity contribution in [3.8, 4) is 11.1 Å². The van der Waals surface area contributed by atoms with Gasteiger partial charge in [-0.05, 0) is 35.6 Å². The molecule has 0 heterocycles. The van der Waals surface area contributed by atoms with Crippen molar-refractivity contribution in [2.24, 2.45) is 0 Å². The molecule has 0 saturated heterocycles. The van der Waals surface area contributed by atoms with Crippen LogP contribution in [0.15, 0.2) is 42.5 Å². The van der Waals surface area contributed by atoms with E-state index >= 15 is 0 Å². The van der Waals surface area contributed by atoms with Crippen molar-refractivity contribution < 1.29 is 9.90 Å². The lowest BCUT2D eigenvalue weighted by molar-refractivity contribution is 0.0698. The highest BCUT2D eigenvalue weighted by molar-refractivity contribution is 5.96. The summed E-state index contributed by atoms with van der Waals surface area (Å²) in [4.78, 5) is 11.2. The van der Waals surface area contributed by atoms with Crippen LogP contribution in [-0.2, 0) is 6.42 Å². The van der Waals surface area contributed by atoms with Gasteiger partial charge in [0.25, 0.3) is 0 Å². The van der Waals surface area contributed by atoms with Gasteiger partial charge in [-0.2, -0.15) is 0 Å². The number of nitrogen functional groups attached to an aromatic ring is 1. The number of anilines is 1. The van der Waals surface area contributed by atoms with Gasteiger partial charge < -0.3 is 10.8 Å². The Morgan fingerprint density at radius 1 is 1.15 bits per heavy atom. The summed E-state index contributed by atoms with van der Waals surface area (Å²) >= 11 is 0. The molecule has 0 spiro atoms. The summed E-state index contributed by atoms with van der Waals surface area (Å²) in [6.45, 7) is 2.11. The maximum atomic E-state index is 11.2. The molecule has 0 amide bonds. The molecule has 0 saturated carbocycles. The quantitative estimate of drug-likeness (QED) is 0.807. The third kappa shape index (κ3) is 2.82. The van der Waals surface area contributed by atoms with Gasteiger partial charge in [0, 0.05) is 5.69 Å². The number of carboxylic acid groups (broad SMARTS) is 1. The SMILES string of the molecule is CCCCc1c(-c2ccccc2)ccc(C(=O)O)c1N. The number of carbonyl (C=O) groups is 1. The smallest absolute Gasteiger partial charge is 0.337 e. The molecule has 0 unspecified atom stereocenters. The number of hydrogen-bond donors (Lipinski definition) is 2. The third-order valence-electron chi connectivity index (χ3n) is 3.45. The molecule has 0 aliphatic heterocycles. The monoisotopic (exact) mass is 269 g/mol. The molecule has 0 aliphatic rings. The molecule has 20 heavy (non-hydrogen) atoms. The number of unbranched alkanes of at least 4 members (excludes halogenated alkanes) is 1. The molecule has 2 rings (SSSR count). The highest BCUT2D eigenvalue weighted by Gasteiger charge is 2.15. The molecule has 0 fully saturated rings. The Hall–Kier alpha value is -2.29. The third-order valence-corrected chi connectivity index (χ3v) is 3.45. The first kappa shape index (κ1) is 14.1. The van der Waals surface area contributed by atoms with Gasteiger partial charge in [0.2, 0.25) is 0 Å². The highest BCUT2D eigenvalue weighted by Crippen LogP contribution is 2.31. The maximum Gasteiger partial charge on any atom is 0.337 e. The zero-order valence-corrected chi connectivity index (χ0v) is 11.6. The summed E-state index contributed by atoms with van der Waals surface area (Å²) in [7, 11) is 0. The number of aromatic carboxylic acids is 1. The molecule has 0 aliphatic carbocycles. The zero-order chi connectivity index (χ0) is 14.5. The molecule has 0 bridgehead atoms. The number of nitrogens with two attached hydrogens (primary N) is 1. The fourth-order valence-corrected chi connectivity index (χ4v) is 2.36. The Morgan fingerprint density at radius 2 is 1.85 bits per heavy atom. The first-order chi connectivity index (χ1) is 9.65. The first-order valence-electron chi connectivity index (χ1n) is 6.85. The van der Waals surface area contributed by atoms with Crippen LogP contribution >= 0.6 is 0 Å². The van der Waals surface area contributed by atoms with E-state index in [0.29, 0.717) is 5.69 Å². The van der Waals surface area contributed by atoms with Gasteiger partial charge in [-0.3, -0.25) is 0 Å². The Kier molecular flexibility index (Phi) is 4.41. The largest absolute Gasteiger partial charge is 0.478 e. The summed E-state index contributed by atoms with van der Waals surface area (Å²) in [5.41, 5.74) is 9.71. The van der Waals surface area contributed by atoms with Gasteiger partial charge >= 0.3 is 5.97 Å². The second-order valence-corrected chi connectivity index (χ2v) is 4.83. The maximum absolute atomic E-state index is 11.2. The molecule has 3 nitrogen and oxygen atoms in total. The predicted octanol–water partition coefficient (Wildman–Crippen LogP) is 3.98. The average molecular weight is 269 g/mol. The molecule has 0 atom stereocenters. The van der Waals surface area contributed by atoms with E-state index in [4.69, 9.17) is 5.73 Å². The zero-order valence-electron chi connectivity index (χ0n) is 11.6. The number of rotatable bonds is 5. The van der Waals surface area contributed by atoms with Gasteiger partial charge in [0.05, 0.1) is 5.56 Å². The molecule has 0 aromatic heterocycles. The summed E-state index contributed by atoms with van der Waals surface area (Å²) in [5.74, 6) is -0.972. The Bertz CT molecular complexity index is 606. The van der Waals surface area contributed by atoms with Gasteiger partial charge in [-0.25, -0.2) is 4.79 Å². The van der Waals surface area contributed by atoms with E-state index < -0.39 is 5.97 Å². The lowest BCUT2D eigenvalue weighted by atomic mass is 9.92. The number of carboxylic acids is 1. The van der Waals surface area contributed by atoms with Crippen LogP contribution in [0.2, 0.25) is 0 Å². The van der Waals surface area contributed by atoms with Gasteiger partial charge in [-0.15, -0.1) is 0 Å². The van der Waals surface area contributed by atoms with Crippen molar-refractivity contribution in [3.63, 3.8) is 0 Å².